The van der Waals surface area contributed by atoms with Crippen molar-refractivity contribution in [1.29, 1.82) is 0 Å². The Morgan fingerprint density at radius 3 is 2.56 bits per heavy atom. The number of benzene rings is 2. The van der Waals surface area contributed by atoms with Gasteiger partial charge in [-0.1, -0.05) is 0 Å². The number of halogens is 4. The number of hydrogen-bond donors (Lipinski definition) is 1. The quantitative estimate of drug-likeness (QED) is 0.334. The standard InChI is InChI=1S/C24H24AsF4N3O2/c1-15(33)30-11-9-16-4-3-5-18(12-16)21-14-22(32-23(31-21)34-2)25-10-8-17-6-7-19(13-20(17)26)24(27,28)29/h3-7,12-14,25H,8-11H2,1-2H3,(H,30,33). The Hall–Kier alpha value is -2.93. The summed E-state index contributed by atoms with van der Waals surface area (Å²) in [5.74, 6) is -0.930. The topological polar surface area (TPSA) is 64.1 Å². The second kappa shape index (κ2) is 11.5. The number of nitrogens with zero attached hydrogens (tertiary/aromatic N) is 2. The number of nitrogens with one attached hydrogen (secondary N) is 1. The van der Waals surface area contributed by atoms with Crippen LogP contribution in [0.15, 0.2) is 48.5 Å². The Balaban J connectivity index is 1.71. The number of carbonyl (C=O) groups is 1. The number of amides is 1. The number of hydrogen-bond acceptors (Lipinski definition) is 4. The van der Waals surface area contributed by atoms with E-state index >= 15 is 0 Å². The average Bonchev–Trinajstić information content (AvgIpc) is 2.79. The SMILES string of the molecule is COc1nc([AsH]CCc2ccc(C(F)(F)F)cc2F)cc(-c2cccc(CCNC(C)=O)c2)n1. The predicted molar refractivity (Wildman–Crippen MR) is 123 cm³/mol. The first-order valence-electron chi connectivity index (χ1n) is 10.5. The summed E-state index contributed by atoms with van der Waals surface area (Å²) in [5, 5.41) is 3.38. The fraction of sp³-hybridized carbons (Fsp3) is 0.292. The fourth-order valence-corrected chi connectivity index (χ4v) is 5.51. The van der Waals surface area contributed by atoms with Gasteiger partial charge in [-0.15, -0.1) is 0 Å². The second-order valence-electron chi connectivity index (χ2n) is 7.54. The van der Waals surface area contributed by atoms with Crippen LogP contribution in [0.2, 0.25) is 5.21 Å². The molecule has 1 N–H and O–H groups in total. The number of aryl methyl sites for hydroxylation is 1. The third-order valence-corrected chi connectivity index (χ3v) is 7.33. The number of aromatic nitrogens is 2. The van der Waals surface area contributed by atoms with Gasteiger partial charge < -0.3 is 0 Å². The van der Waals surface area contributed by atoms with Crippen LogP contribution >= 0.6 is 0 Å². The van der Waals surface area contributed by atoms with E-state index in [0.29, 0.717) is 36.4 Å². The number of alkyl halides is 3. The van der Waals surface area contributed by atoms with Crippen molar-refractivity contribution in [2.24, 2.45) is 0 Å². The summed E-state index contributed by atoms with van der Waals surface area (Å²) < 4.78 is 58.4. The maximum atomic E-state index is 14.1. The monoisotopic (exact) mass is 537 g/mol. The number of methoxy groups -OCH3 is 1. The van der Waals surface area contributed by atoms with E-state index in [4.69, 9.17) is 4.74 Å². The molecule has 1 heterocycles. The molecule has 0 saturated carbocycles. The molecule has 3 aromatic rings. The molecule has 1 atom stereocenters. The molecule has 1 unspecified atom stereocenters. The van der Waals surface area contributed by atoms with Crippen LogP contribution in [0.1, 0.15) is 23.6 Å². The number of carbonyl (C=O) groups excluding carboxylic acids is 1. The molecule has 0 bridgehead atoms. The molecule has 5 nitrogen and oxygen atoms in total. The summed E-state index contributed by atoms with van der Waals surface area (Å²) in [6, 6.07) is 12.5. The first-order valence-corrected chi connectivity index (χ1v) is 13.1. The third kappa shape index (κ3) is 7.28. The molecular formula is C24H24AsF4N3O2. The molecule has 180 valence electrons. The summed E-state index contributed by atoms with van der Waals surface area (Å²) in [6.07, 6.45) is -3.57. The summed E-state index contributed by atoms with van der Waals surface area (Å²) in [6.45, 7) is 2.00. The summed E-state index contributed by atoms with van der Waals surface area (Å²) in [5.41, 5.74) is 1.87. The van der Waals surface area contributed by atoms with Crippen LogP contribution in [0.25, 0.3) is 11.3 Å². The Morgan fingerprint density at radius 1 is 1.09 bits per heavy atom. The van der Waals surface area contributed by atoms with E-state index in [1.165, 1.54) is 20.1 Å². The number of rotatable bonds is 9. The molecule has 1 aromatic heterocycles. The van der Waals surface area contributed by atoms with Crippen molar-refractivity contribution in [3.05, 3.63) is 71.0 Å². The van der Waals surface area contributed by atoms with Crippen LogP contribution in [0.3, 0.4) is 0 Å². The molecule has 0 fully saturated rings. The molecule has 1 amide bonds. The van der Waals surface area contributed by atoms with Gasteiger partial charge >= 0.3 is 202 Å². The third-order valence-electron chi connectivity index (χ3n) is 4.98. The van der Waals surface area contributed by atoms with E-state index in [2.05, 4.69) is 15.3 Å². The minimum absolute atomic E-state index is 0.0815. The van der Waals surface area contributed by atoms with Gasteiger partial charge in [0.15, 0.2) is 0 Å². The van der Waals surface area contributed by atoms with E-state index < -0.39 is 33.3 Å². The molecule has 10 heteroatoms. The first-order chi connectivity index (χ1) is 16.2. The molecule has 0 spiro atoms. The normalized spacial score (nSPS) is 11.7. The fourth-order valence-electron chi connectivity index (χ4n) is 3.28. The van der Waals surface area contributed by atoms with E-state index in [9.17, 15) is 22.4 Å². The molecular weight excluding hydrogens is 513 g/mol. The van der Waals surface area contributed by atoms with Gasteiger partial charge in [0.25, 0.3) is 0 Å². The van der Waals surface area contributed by atoms with Crippen molar-refractivity contribution in [2.75, 3.05) is 13.7 Å². The first kappa shape index (κ1) is 25.7. The van der Waals surface area contributed by atoms with Crippen LogP contribution < -0.4 is 14.5 Å². The van der Waals surface area contributed by atoms with Gasteiger partial charge in [0.05, 0.1) is 0 Å². The van der Waals surface area contributed by atoms with Gasteiger partial charge in [-0.05, 0) is 0 Å². The molecule has 34 heavy (non-hydrogen) atoms. The zero-order chi connectivity index (χ0) is 24.7. The van der Waals surface area contributed by atoms with Crippen LogP contribution in [0.4, 0.5) is 17.6 Å². The molecule has 0 saturated heterocycles. The minimum atomic E-state index is -4.57. The van der Waals surface area contributed by atoms with Gasteiger partial charge in [0, 0.05) is 0 Å². The second-order valence-corrected chi connectivity index (χ2v) is 10.4. The van der Waals surface area contributed by atoms with E-state index in [-0.39, 0.29) is 17.5 Å². The molecule has 0 aliphatic heterocycles. The van der Waals surface area contributed by atoms with Crippen molar-refractivity contribution in [1.82, 2.24) is 15.3 Å². The van der Waals surface area contributed by atoms with Crippen LogP contribution in [0, 0.1) is 5.82 Å². The van der Waals surface area contributed by atoms with E-state index in [1.807, 2.05) is 30.3 Å². The van der Waals surface area contributed by atoms with Crippen LogP contribution in [0.5, 0.6) is 6.01 Å². The molecule has 2 aromatic carbocycles. The van der Waals surface area contributed by atoms with Crippen LogP contribution in [-0.2, 0) is 23.8 Å². The van der Waals surface area contributed by atoms with Crippen molar-refractivity contribution >= 4 is 26.1 Å². The summed E-state index contributed by atoms with van der Waals surface area (Å²) >= 11 is -0.822. The molecule has 0 aliphatic carbocycles. The van der Waals surface area contributed by atoms with Crippen molar-refractivity contribution < 1.29 is 27.1 Å². The molecule has 3 rings (SSSR count). The molecule has 0 radical (unpaired) electrons. The van der Waals surface area contributed by atoms with Crippen molar-refractivity contribution in [3.8, 4) is 17.3 Å². The predicted octanol–water partition coefficient (Wildman–Crippen LogP) is 3.71. The van der Waals surface area contributed by atoms with Gasteiger partial charge in [0.2, 0.25) is 0 Å². The van der Waals surface area contributed by atoms with Crippen molar-refractivity contribution in [2.45, 2.75) is 31.2 Å². The van der Waals surface area contributed by atoms with E-state index in [1.54, 1.807) is 0 Å². The van der Waals surface area contributed by atoms with Crippen molar-refractivity contribution in [3.63, 3.8) is 0 Å². The van der Waals surface area contributed by atoms with Crippen LogP contribution in [-0.4, -0.2) is 45.3 Å². The summed E-state index contributed by atoms with van der Waals surface area (Å²) in [4.78, 5) is 19.9. The van der Waals surface area contributed by atoms with Gasteiger partial charge in [-0.25, -0.2) is 0 Å². The Bertz CT molecular complexity index is 1160. The van der Waals surface area contributed by atoms with Gasteiger partial charge in [-0.2, -0.15) is 0 Å². The average molecular weight is 537 g/mol. The Kier molecular flexibility index (Phi) is 8.66. The zero-order valence-electron chi connectivity index (χ0n) is 18.7. The molecule has 0 aliphatic rings. The van der Waals surface area contributed by atoms with Gasteiger partial charge in [0.1, 0.15) is 0 Å². The van der Waals surface area contributed by atoms with Gasteiger partial charge in [-0.3, -0.25) is 0 Å². The summed E-state index contributed by atoms with van der Waals surface area (Å²) in [7, 11) is 1.48. The zero-order valence-corrected chi connectivity index (χ0v) is 20.8. The number of ether oxygens (including phenoxy) is 1. The van der Waals surface area contributed by atoms with E-state index in [0.717, 1.165) is 21.7 Å². The Labute approximate surface area is 201 Å². The Morgan fingerprint density at radius 2 is 1.88 bits per heavy atom. The maximum absolute atomic E-state index is 14.1.